The Hall–Kier alpha value is -2.86. The molecule has 6 heteroatoms. The monoisotopic (exact) mass is 438 g/mol. The maximum Gasteiger partial charge on any atom is 0.411 e. The van der Waals surface area contributed by atoms with Crippen molar-refractivity contribution in [2.75, 3.05) is 25.0 Å². The van der Waals surface area contributed by atoms with E-state index in [1.165, 1.54) is 0 Å². The molecule has 32 heavy (non-hydrogen) atoms. The van der Waals surface area contributed by atoms with E-state index in [0.29, 0.717) is 0 Å². The van der Waals surface area contributed by atoms with Gasteiger partial charge >= 0.3 is 12.1 Å². The normalized spacial score (nSPS) is 14.8. The highest BCUT2D eigenvalue weighted by Crippen LogP contribution is 2.28. The number of hydrogen-bond acceptors (Lipinski definition) is 4. The molecule has 0 bridgehead atoms. The van der Waals surface area contributed by atoms with Gasteiger partial charge in [-0.05, 0) is 43.9 Å². The van der Waals surface area contributed by atoms with Crippen LogP contribution >= 0.6 is 0 Å². The molecule has 1 saturated heterocycles. The molecule has 1 amide bonds. The van der Waals surface area contributed by atoms with Gasteiger partial charge in [-0.1, -0.05) is 67.8 Å². The molecule has 1 aliphatic rings. The van der Waals surface area contributed by atoms with Gasteiger partial charge in [0.25, 0.3) is 0 Å². The highest BCUT2D eigenvalue weighted by atomic mass is 16.6. The zero-order valence-electron chi connectivity index (χ0n) is 18.7. The molecule has 2 aromatic carbocycles. The number of carboxylic acids is 1. The second kappa shape index (κ2) is 12.9. The van der Waals surface area contributed by atoms with E-state index in [4.69, 9.17) is 9.84 Å². The van der Waals surface area contributed by atoms with Crippen LogP contribution in [-0.4, -0.2) is 47.8 Å². The molecule has 0 radical (unpaired) electrons. The number of para-hydroxylation sites is 1. The summed E-state index contributed by atoms with van der Waals surface area (Å²) in [6.07, 6.45) is 6.67. The van der Waals surface area contributed by atoms with E-state index in [1.807, 2.05) is 54.6 Å². The number of ether oxygens (including phenoxy) is 1. The lowest BCUT2D eigenvalue weighted by Gasteiger charge is -2.31. The van der Waals surface area contributed by atoms with Gasteiger partial charge in [0.15, 0.2) is 0 Å². The van der Waals surface area contributed by atoms with Gasteiger partial charge < -0.3 is 14.7 Å². The number of nitrogens with zero attached hydrogens (tertiary/aromatic N) is 1. The first-order valence-corrected chi connectivity index (χ1v) is 11.7. The van der Waals surface area contributed by atoms with Gasteiger partial charge in [0.05, 0.1) is 5.69 Å². The van der Waals surface area contributed by atoms with E-state index in [9.17, 15) is 9.59 Å². The molecular formula is C26H34N2O4. The van der Waals surface area contributed by atoms with Gasteiger partial charge in [-0.15, -0.1) is 0 Å². The Morgan fingerprint density at radius 3 is 2.31 bits per heavy atom. The standard InChI is InChI=1S/C26H34N2O4/c29-25(30)15-7-2-1-3-10-18-28-19-16-22(17-20-28)32-26(31)27-24-14-9-8-13-23(24)21-11-5-4-6-12-21/h4-6,8-9,11-14,22H,1-3,7,10,15-20H2,(H,27,31)(H,29,30). The Morgan fingerprint density at radius 2 is 1.56 bits per heavy atom. The van der Waals surface area contributed by atoms with Gasteiger partial charge in [-0.3, -0.25) is 10.1 Å². The van der Waals surface area contributed by atoms with E-state index in [1.54, 1.807) is 0 Å². The summed E-state index contributed by atoms with van der Waals surface area (Å²) in [4.78, 5) is 25.4. The van der Waals surface area contributed by atoms with Crippen molar-refractivity contribution in [3.05, 3.63) is 54.6 Å². The fraction of sp³-hybridized carbons (Fsp3) is 0.462. The molecule has 6 nitrogen and oxygen atoms in total. The smallest absolute Gasteiger partial charge is 0.411 e. The number of unbranched alkanes of at least 4 members (excludes halogenated alkanes) is 4. The van der Waals surface area contributed by atoms with Crippen molar-refractivity contribution in [1.29, 1.82) is 0 Å². The zero-order valence-corrected chi connectivity index (χ0v) is 18.7. The van der Waals surface area contributed by atoms with Crippen molar-refractivity contribution in [3.63, 3.8) is 0 Å². The van der Waals surface area contributed by atoms with Crippen molar-refractivity contribution in [2.24, 2.45) is 0 Å². The molecular weight excluding hydrogens is 404 g/mol. The average Bonchev–Trinajstić information content (AvgIpc) is 2.80. The third-order valence-corrected chi connectivity index (χ3v) is 5.92. The van der Waals surface area contributed by atoms with Crippen molar-refractivity contribution in [2.45, 2.75) is 57.5 Å². The summed E-state index contributed by atoms with van der Waals surface area (Å²) in [7, 11) is 0. The molecule has 172 valence electrons. The number of carbonyl (C=O) groups is 2. The van der Waals surface area contributed by atoms with Crippen LogP contribution in [0.2, 0.25) is 0 Å². The number of hydrogen-bond donors (Lipinski definition) is 2. The number of nitrogens with one attached hydrogen (secondary N) is 1. The Balaban J connectivity index is 1.35. The molecule has 0 atom stereocenters. The van der Waals surface area contributed by atoms with Crippen LogP contribution < -0.4 is 5.32 Å². The van der Waals surface area contributed by atoms with Crippen LogP contribution in [0.4, 0.5) is 10.5 Å². The van der Waals surface area contributed by atoms with Crippen LogP contribution in [0.3, 0.4) is 0 Å². The van der Waals surface area contributed by atoms with Crippen LogP contribution in [0.5, 0.6) is 0 Å². The lowest BCUT2D eigenvalue weighted by atomic mass is 10.0. The number of piperidine rings is 1. The average molecular weight is 439 g/mol. The third kappa shape index (κ3) is 8.00. The Morgan fingerprint density at radius 1 is 0.906 bits per heavy atom. The summed E-state index contributed by atoms with van der Waals surface area (Å²) in [5, 5.41) is 11.6. The molecule has 0 spiro atoms. The zero-order chi connectivity index (χ0) is 22.6. The van der Waals surface area contributed by atoms with E-state index in [-0.39, 0.29) is 12.5 Å². The number of rotatable bonds is 11. The second-order valence-corrected chi connectivity index (χ2v) is 8.39. The summed E-state index contributed by atoms with van der Waals surface area (Å²) in [5.74, 6) is -0.704. The Kier molecular flexibility index (Phi) is 9.57. The van der Waals surface area contributed by atoms with Crippen LogP contribution in [0.1, 0.15) is 51.4 Å². The van der Waals surface area contributed by atoms with Crippen molar-refractivity contribution in [3.8, 4) is 11.1 Å². The third-order valence-electron chi connectivity index (χ3n) is 5.92. The van der Waals surface area contributed by atoms with E-state index in [0.717, 1.165) is 81.4 Å². The molecule has 1 heterocycles. The number of carbonyl (C=O) groups excluding carboxylic acids is 1. The summed E-state index contributed by atoms with van der Waals surface area (Å²) < 4.78 is 5.70. The first kappa shape index (κ1) is 23.8. The van der Waals surface area contributed by atoms with Crippen molar-refractivity contribution >= 4 is 17.7 Å². The van der Waals surface area contributed by atoms with Gasteiger partial charge in [0.1, 0.15) is 6.10 Å². The maximum absolute atomic E-state index is 12.5. The summed E-state index contributed by atoms with van der Waals surface area (Å²) in [6, 6.07) is 17.8. The number of amides is 1. The number of likely N-dealkylation sites (tertiary alicyclic amines) is 1. The molecule has 0 aromatic heterocycles. The molecule has 0 unspecified atom stereocenters. The van der Waals surface area contributed by atoms with Crippen molar-refractivity contribution < 1.29 is 19.4 Å². The lowest BCUT2D eigenvalue weighted by Crippen LogP contribution is -2.38. The molecule has 2 aromatic rings. The second-order valence-electron chi connectivity index (χ2n) is 8.39. The first-order valence-electron chi connectivity index (χ1n) is 11.7. The minimum absolute atomic E-state index is 0.0499. The lowest BCUT2D eigenvalue weighted by molar-refractivity contribution is -0.137. The minimum Gasteiger partial charge on any atom is -0.481 e. The summed E-state index contributed by atoms with van der Waals surface area (Å²) >= 11 is 0. The Labute approximate surface area is 190 Å². The molecule has 2 N–H and O–H groups in total. The predicted molar refractivity (Wildman–Crippen MR) is 127 cm³/mol. The highest BCUT2D eigenvalue weighted by Gasteiger charge is 2.22. The number of aliphatic carboxylic acids is 1. The number of carboxylic acid groups (broad SMARTS) is 1. The van der Waals surface area contributed by atoms with E-state index in [2.05, 4.69) is 10.2 Å². The van der Waals surface area contributed by atoms with Crippen LogP contribution in [0.15, 0.2) is 54.6 Å². The topological polar surface area (TPSA) is 78.9 Å². The van der Waals surface area contributed by atoms with E-state index >= 15 is 0 Å². The molecule has 1 aliphatic heterocycles. The quantitative estimate of drug-likeness (QED) is 0.434. The largest absolute Gasteiger partial charge is 0.481 e. The van der Waals surface area contributed by atoms with Gasteiger partial charge in [0.2, 0.25) is 0 Å². The minimum atomic E-state index is -0.704. The van der Waals surface area contributed by atoms with Crippen LogP contribution in [0, 0.1) is 0 Å². The van der Waals surface area contributed by atoms with Crippen molar-refractivity contribution in [1.82, 2.24) is 4.90 Å². The Bertz CT molecular complexity index is 848. The van der Waals surface area contributed by atoms with Gasteiger partial charge in [-0.25, -0.2) is 4.79 Å². The number of anilines is 1. The van der Waals surface area contributed by atoms with Crippen LogP contribution in [-0.2, 0) is 9.53 Å². The maximum atomic E-state index is 12.5. The molecule has 3 rings (SSSR count). The number of benzene rings is 2. The van der Waals surface area contributed by atoms with Gasteiger partial charge in [-0.2, -0.15) is 0 Å². The van der Waals surface area contributed by atoms with Crippen LogP contribution in [0.25, 0.3) is 11.1 Å². The van der Waals surface area contributed by atoms with E-state index < -0.39 is 12.1 Å². The predicted octanol–water partition coefficient (Wildman–Crippen LogP) is 5.79. The highest BCUT2D eigenvalue weighted by molar-refractivity contribution is 5.91. The van der Waals surface area contributed by atoms with Gasteiger partial charge in [0, 0.05) is 25.1 Å². The summed E-state index contributed by atoms with van der Waals surface area (Å²) in [6.45, 7) is 2.94. The summed E-state index contributed by atoms with van der Waals surface area (Å²) in [5.41, 5.74) is 2.78. The molecule has 0 saturated carbocycles. The molecule has 1 fully saturated rings. The SMILES string of the molecule is O=C(O)CCCCCCCN1CCC(OC(=O)Nc2ccccc2-c2ccccc2)CC1. The fourth-order valence-corrected chi connectivity index (χ4v) is 4.15. The first-order chi connectivity index (χ1) is 15.6. The fourth-order valence-electron chi connectivity index (χ4n) is 4.15. The molecule has 0 aliphatic carbocycles.